The van der Waals surface area contributed by atoms with E-state index in [1.165, 1.54) is 0 Å². The van der Waals surface area contributed by atoms with E-state index in [1.54, 1.807) is 29.7 Å². The van der Waals surface area contributed by atoms with Gasteiger partial charge in [0, 0.05) is 17.5 Å². The summed E-state index contributed by atoms with van der Waals surface area (Å²) in [6, 6.07) is 7.18. The highest BCUT2D eigenvalue weighted by atomic mass is 16.4. The average molecular weight is 259 g/mol. The lowest BCUT2D eigenvalue weighted by Gasteiger charge is -2.16. The molecule has 1 heterocycles. The molecule has 1 aromatic carbocycles. The highest BCUT2D eigenvalue weighted by molar-refractivity contribution is 5.92. The summed E-state index contributed by atoms with van der Waals surface area (Å²) in [5, 5.41) is 9.95. The summed E-state index contributed by atoms with van der Waals surface area (Å²) >= 11 is 0. The lowest BCUT2D eigenvalue weighted by Crippen LogP contribution is -2.22. The van der Waals surface area contributed by atoms with E-state index in [1.807, 2.05) is 6.07 Å². The van der Waals surface area contributed by atoms with E-state index in [2.05, 4.69) is 6.92 Å². The van der Waals surface area contributed by atoms with E-state index in [0.29, 0.717) is 23.0 Å². The van der Waals surface area contributed by atoms with Gasteiger partial charge in [0.25, 0.3) is 0 Å². The van der Waals surface area contributed by atoms with Crippen molar-refractivity contribution in [1.82, 2.24) is 4.57 Å². The molecule has 0 fully saturated rings. The number of aryl methyl sites for hydroxylation is 1. The van der Waals surface area contributed by atoms with Crippen molar-refractivity contribution in [3.63, 3.8) is 0 Å². The Bertz CT molecular complexity index is 686. The van der Waals surface area contributed by atoms with Crippen molar-refractivity contribution in [2.75, 3.05) is 0 Å². The number of nitrogens with zero attached hydrogens (tertiary/aromatic N) is 1. The van der Waals surface area contributed by atoms with E-state index in [4.69, 9.17) is 0 Å². The Hall–Kier alpha value is -2.10. The molecule has 0 atom stereocenters. The minimum Gasteiger partial charge on any atom is -0.477 e. The maximum absolute atomic E-state index is 12.2. The molecule has 0 radical (unpaired) electrons. The zero-order chi connectivity index (χ0) is 14.0. The van der Waals surface area contributed by atoms with Crippen molar-refractivity contribution in [2.45, 2.75) is 33.2 Å². The summed E-state index contributed by atoms with van der Waals surface area (Å²) in [7, 11) is 0. The van der Waals surface area contributed by atoms with Crippen LogP contribution in [-0.2, 0) is 6.54 Å². The first-order chi connectivity index (χ1) is 9.07. The second-order valence-electron chi connectivity index (χ2n) is 4.63. The molecule has 0 aliphatic heterocycles. The largest absolute Gasteiger partial charge is 0.477 e. The highest BCUT2D eigenvalue weighted by Crippen LogP contribution is 2.17. The van der Waals surface area contributed by atoms with Gasteiger partial charge in [-0.3, -0.25) is 4.79 Å². The maximum Gasteiger partial charge on any atom is 0.352 e. The molecule has 0 saturated carbocycles. The zero-order valence-corrected chi connectivity index (χ0v) is 11.1. The van der Waals surface area contributed by atoms with E-state index in [0.717, 1.165) is 12.8 Å². The van der Waals surface area contributed by atoms with Crippen molar-refractivity contribution >= 4 is 16.9 Å². The molecule has 1 N–H and O–H groups in total. The first kappa shape index (κ1) is 13.3. The molecule has 2 rings (SSSR count). The summed E-state index contributed by atoms with van der Waals surface area (Å²) in [5.74, 6) is -1.04. The van der Waals surface area contributed by atoms with Gasteiger partial charge in [-0.25, -0.2) is 4.79 Å². The minimum atomic E-state index is -1.04. The highest BCUT2D eigenvalue weighted by Gasteiger charge is 2.18. The lowest BCUT2D eigenvalue weighted by atomic mass is 10.1. The number of hydrogen-bond donors (Lipinski definition) is 1. The van der Waals surface area contributed by atoms with Gasteiger partial charge in [-0.1, -0.05) is 25.5 Å². The molecule has 0 aliphatic rings. The monoisotopic (exact) mass is 259 g/mol. The van der Waals surface area contributed by atoms with Crippen molar-refractivity contribution in [1.29, 1.82) is 0 Å². The molecule has 0 unspecified atom stereocenters. The second-order valence-corrected chi connectivity index (χ2v) is 4.63. The predicted octanol–water partition coefficient (Wildman–Crippen LogP) is 2.81. The van der Waals surface area contributed by atoms with Crippen molar-refractivity contribution in [3.8, 4) is 0 Å². The van der Waals surface area contributed by atoms with Crippen LogP contribution in [0.5, 0.6) is 0 Å². The number of carbonyl (C=O) groups is 1. The first-order valence-corrected chi connectivity index (χ1v) is 6.43. The molecule has 4 heteroatoms. The molecule has 0 bridgehead atoms. The Labute approximate surface area is 111 Å². The first-order valence-electron chi connectivity index (χ1n) is 6.43. The van der Waals surface area contributed by atoms with Crippen LogP contribution in [0.3, 0.4) is 0 Å². The molecule has 0 amide bonds. The van der Waals surface area contributed by atoms with Gasteiger partial charge in [0.15, 0.2) is 5.43 Å². The van der Waals surface area contributed by atoms with Crippen molar-refractivity contribution in [3.05, 3.63) is 45.7 Å². The standard InChI is InChI=1S/C15H17NO3/c1-3-4-9-16-12-8-6-5-7-11(12)14(17)10(2)13(16)15(18)19/h5-8H,3-4,9H2,1-2H3,(H,18,19). The summed E-state index contributed by atoms with van der Waals surface area (Å²) < 4.78 is 1.75. The molecule has 4 nitrogen and oxygen atoms in total. The van der Waals surface area contributed by atoms with Gasteiger partial charge in [-0.15, -0.1) is 0 Å². The Morgan fingerprint density at radius 1 is 1.32 bits per heavy atom. The molecule has 0 spiro atoms. The van der Waals surface area contributed by atoms with Crippen LogP contribution in [0, 0.1) is 6.92 Å². The fraction of sp³-hybridized carbons (Fsp3) is 0.333. The van der Waals surface area contributed by atoms with Crippen LogP contribution in [0.25, 0.3) is 10.9 Å². The fourth-order valence-electron chi connectivity index (χ4n) is 2.36. The van der Waals surface area contributed by atoms with Crippen LogP contribution in [0.15, 0.2) is 29.1 Å². The van der Waals surface area contributed by atoms with E-state index < -0.39 is 5.97 Å². The van der Waals surface area contributed by atoms with Gasteiger partial charge in [0.1, 0.15) is 5.69 Å². The van der Waals surface area contributed by atoms with Crippen LogP contribution < -0.4 is 5.43 Å². The van der Waals surface area contributed by atoms with Gasteiger partial charge >= 0.3 is 5.97 Å². The lowest BCUT2D eigenvalue weighted by molar-refractivity contribution is 0.0683. The molecule has 100 valence electrons. The SMILES string of the molecule is CCCCn1c(C(=O)O)c(C)c(=O)c2ccccc21. The molecule has 19 heavy (non-hydrogen) atoms. The smallest absolute Gasteiger partial charge is 0.352 e. The number of hydrogen-bond acceptors (Lipinski definition) is 2. The number of rotatable bonds is 4. The Morgan fingerprint density at radius 2 is 2.00 bits per heavy atom. The summed E-state index contributed by atoms with van der Waals surface area (Å²) in [6.07, 6.45) is 1.85. The summed E-state index contributed by atoms with van der Waals surface area (Å²) in [5.41, 5.74) is 0.921. The van der Waals surface area contributed by atoms with Crippen LogP contribution in [0.1, 0.15) is 35.8 Å². The minimum absolute atomic E-state index is 0.108. The molecular weight excluding hydrogens is 242 g/mol. The maximum atomic E-state index is 12.2. The Balaban J connectivity index is 2.86. The number of unbranched alkanes of at least 4 members (excludes halogenated alkanes) is 1. The number of carboxylic acid groups (broad SMARTS) is 1. The number of fused-ring (bicyclic) bond motifs is 1. The number of benzene rings is 1. The number of pyridine rings is 1. The molecule has 0 aliphatic carbocycles. The van der Waals surface area contributed by atoms with Gasteiger partial charge in [0.2, 0.25) is 0 Å². The normalized spacial score (nSPS) is 10.8. The van der Waals surface area contributed by atoms with Crippen LogP contribution in [0.4, 0.5) is 0 Å². The molecular formula is C15H17NO3. The number of para-hydroxylation sites is 1. The Morgan fingerprint density at radius 3 is 2.63 bits per heavy atom. The van der Waals surface area contributed by atoms with Gasteiger partial charge in [0.05, 0.1) is 5.52 Å². The van der Waals surface area contributed by atoms with Crippen LogP contribution in [-0.4, -0.2) is 15.6 Å². The number of aromatic carboxylic acids is 1. The zero-order valence-electron chi connectivity index (χ0n) is 11.1. The molecule has 1 aromatic heterocycles. The quantitative estimate of drug-likeness (QED) is 0.918. The molecule has 2 aromatic rings. The van der Waals surface area contributed by atoms with Gasteiger partial charge < -0.3 is 9.67 Å². The third-order valence-corrected chi connectivity index (χ3v) is 3.34. The van der Waals surface area contributed by atoms with Crippen molar-refractivity contribution < 1.29 is 9.90 Å². The van der Waals surface area contributed by atoms with Gasteiger partial charge in [-0.2, -0.15) is 0 Å². The number of carboxylic acids is 1. The average Bonchev–Trinajstić information content (AvgIpc) is 2.40. The van der Waals surface area contributed by atoms with E-state index >= 15 is 0 Å². The third-order valence-electron chi connectivity index (χ3n) is 3.34. The molecule has 0 saturated heterocycles. The van der Waals surface area contributed by atoms with Crippen LogP contribution in [0.2, 0.25) is 0 Å². The Kier molecular flexibility index (Phi) is 3.69. The predicted molar refractivity (Wildman–Crippen MR) is 74.8 cm³/mol. The third kappa shape index (κ3) is 2.26. The number of aromatic nitrogens is 1. The summed E-state index contributed by atoms with van der Waals surface area (Å²) in [6.45, 7) is 4.25. The van der Waals surface area contributed by atoms with Crippen LogP contribution >= 0.6 is 0 Å². The summed E-state index contributed by atoms with van der Waals surface area (Å²) in [4.78, 5) is 23.6. The second kappa shape index (κ2) is 5.26. The van der Waals surface area contributed by atoms with Gasteiger partial charge in [-0.05, 0) is 25.5 Å². The fourth-order valence-corrected chi connectivity index (χ4v) is 2.36. The van der Waals surface area contributed by atoms with E-state index in [9.17, 15) is 14.7 Å². The van der Waals surface area contributed by atoms with E-state index in [-0.39, 0.29) is 11.1 Å². The topological polar surface area (TPSA) is 59.3 Å². The van der Waals surface area contributed by atoms with Crippen molar-refractivity contribution in [2.24, 2.45) is 0 Å².